The van der Waals surface area contributed by atoms with Gasteiger partial charge >= 0.3 is 0 Å². The first-order chi connectivity index (χ1) is 7.45. The Morgan fingerprint density at radius 1 is 1.44 bits per heavy atom. The van der Waals surface area contributed by atoms with Crippen molar-refractivity contribution in [3.8, 4) is 12.3 Å². The van der Waals surface area contributed by atoms with Gasteiger partial charge in [0.2, 0.25) is 10.0 Å². The van der Waals surface area contributed by atoms with Crippen molar-refractivity contribution in [3.05, 3.63) is 29.8 Å². The second-order valence-electron chi connectivity index (χ2n) is 3.35. The Morgan fingerprint density at radius 2 is 2.00 bits per heavy atom. The van der Waals surface area contributed by atoms with E-state index >= 15 is 0 Å². The highest BCUT2D eigenvalue weighted by Crippen LogP contribution is 2.09. The van der Waals surface area contributed by atoms with E-state index in [9.17, 15) is 8.42 Å². The van der Waals surface area contributed by atoms with Gasteiger partial charge in [0.1, 0.15) is 6.10 Å². The highest BCUT2D eigenvalue weighted by Gasteiger charge is 2.14. The molecule has 5 heteroatoms. The largest absolute Gasteiger partial charge is 0.379 e. The van der Waals surface area contributed by atoms with Gasteiger partial charge in [0.15, 0.2) is 0 Å². The fourth-order valence-electron chi connectivity index (χ4n) is 1.05. The van der Waals surface area contributed by atoms with E-state index < -0.39 is 16.1 Å². The summed E-state index contributed by atoms with van der Waals surface area (Å²) in [6.07, 6.45) is 3.81. The van der Waals surface area contributed by atoms with Gasteiger partial charge in [-0.3, -0.25) is 0 Å². The number of hydrogen-bond donors (Lipinski definition) is 2. The number of aliphatic hydroxyl groups excluding tert-OH is 1. The van der Waals surface area contributed by atoms with E-state index in [2.05, 4.69) is 4.72 Å². The first-order valence-electron chi connectivity index (χ1n) is 4.66. The number of hydrogen-bond acceptors (Lipinski definition) is 3. The second-order valence-corrected chi connectivity index (χ2v) is 5.11. The maximum Gasteiger partial charge on any atom is 0.240 e. The van der Waals surface area contributed by atoms with Crippen molar-refractivity contribution in [3.63, 3.8) is 0 Å². The van der Waals surface area contributed by atoms with E-state index in [1.54, 1.807) is 12.1 Å². The van der Waals surface area contributed by atoms with Crippen LogP contribution in [-0.4, -0.2) is 26.2 Å². The average molecular weight is 239 g/mol. The van der Waals surface area contributed by atoms with Gasteiger partial charge in [-0.1, -0.05) is 23.6 Å². The van der Waals surface area contributed by atoms with Crippen molar-refractivity contribution in [2.45, 2.75) is 17.9 Å². The molecule has 0 aliphatic rings. The molecule has 0 spiro atoms. The lowest BCUT2D eigenvalue weighted by atomic mass is 10.2. The number of terminal acetylenes is 1. The second kappa shape index (κ2) is 5.12. The predicted octanol–water partition coefficient (Wildman–Crippen LogP) is 0.267. The Bertz CT molecular complexity index is 485. The first kappa shape index (κ1) is 12.7. The molecule has 1 unspecified atom stereocenters. The van der Waals surface area contributed by atoms with Crippen LogP contribution in [0.5, 0.6) is 0 Å². The molecule has 1 rings (SSSR count). The van der Waals surface area contributed by atoms with Crippen LogP contribution in [0.4, 0.5) is 0 Å². The summed E-state index contributed by atoms with van der Waals surface area (Å²) in [4.78, 5) is 0.155. The smallest absolute Gasteiger partial charge is 0.240 e. The molecule has 4 nitrogen and oxygen atoms in total. The van der Waals surface area contributed by atoms with E-state index in [4.69, 9.17) is 11.5 Å². The molecule has 86 valence electrons. The Balaban J connectivity index is 2.79. The lowest BCUT2D eigenvalue weighted by Gasteiger charge is -2.07. The van der Waals surface area contributed by atoms with Crippen molar-refractivity contribution in [1.29, 1.82) is 0 Å². The van der Waals surface area contributed by atoms with Crippen LogP contribution >= 0.6 is 0 Å². The molecule has 0 aromatic heterocycles. The number of aliphatic hydroxyl groups is 1. The van der Waals surface area contributed by atoms with E-state index in [1.807, 2.05) is 12.8 Å². The molecule has 0 bridgehead atoms. The van der Waals surface area contributed by atoms with Crippen molar-refractivity contribution >= 4 is 10.0 Å². The zero-order chi connectivity index (χ0) is 12.2. The normalized spacial score (nSPS) is 13.1. The number of nitrogens with one attached hydrogen (secondary N) is 1. The summed E-state index contributed by atoms with van der Waals surface area (Å²) < 4.78 is 25.6. The summed E-state index contributed by atoms with van der Waals surface area (Å²) in [7, 11) is -3.59. The van der Waals surface area contributed by atoms with Crippen molar-refractivity contribution in [2.75, 3.05) is 6.54 Å². The molecule has 1 atom stereocenters. The molecule has 0 aliphatic heterocycles. The third kappa shape index (κ3) is 3.35. The van der Waals surface area contributed by atoms with Gasteiger partial charge in [-0.15, -0.1) is 6.42 Å². The predicted molar refractivity (Wildman–Crippen MR) is 61.2 cm³/mol. The van der Waals surface area contributed by atoms with Crippen LogP contribution in [0.3, 0.4) is 0 Å². The monoisotopic (exact) mass is 239 g/mol. The fraction of sp³-hybridized carbons (Fsp3) is 0.273. The summed E-state index contributed by atoms with van der Waals surface area (Å²) in [6, 6.07) is 6.40. The van der Waals surface area contributed by atoms with E-state index in [-0.39, 0.29) is 11.4 Å². The molecular formula is C11H13NO3S. The van der Waals surface area contributed by atoms with E-state index in [0.29, 0.717) is 0 Å². The molecule has 1 aromatic carbocycles. The zero-order valence-electron chi connectivity index (χ0n) is 8.84. The third-order valence-corrected chi connectivity index (χ3v) is 3.43. The number of rotatable bonds is 4. The van der Waals surface area contributed by atoms with Crippen molar-refractivity contribution < 1.29 is 13.5 Å². The summed E-state index contributed by atoms with van der Waals surface area (Å²) in [6.45, 7) is 1.68. The van der Waals surface area contributed by atoms with Crippen LogP contribution in [0.25, 0.3) is 0 Å². The van der Waals surface area contributed by atoms with Crippen LogP contribution in [-0.2, 0) is 10.0 Å². The topological polar surface area (TPSA) is 66.4 Å². The van der Waals surface area contributed by atoms with Crippen LogP contribution in [0.1, 0.15) is 5.56 Å². The van der Waals surface area contributed by atoms with Crippen LogP contribution in [0, 0.1) is 19.3 Å². The first-order valence-corrected chi connectivity index (χ1v) is 6.14. The third-order valence-electron chi connectivity index (χ3n) is 1.99. The van der Waals surface area contributed by atoms with Crippen LogP contribution in [0.15, 0.2) is 29.2 Å². The fourth-order valence-corrected chi connectivity index (χ4v) is 2.09. The molecule has 0 radical (unpaired) electrons. The Labute approximate surface area is 95.4 Å². The minimum absolute atomic E-state index is 0.155. The summed E-state index contributed by atoms with van der Waals surface area (Å²) >= 11 is 0. The molecule has 0 amide bonds. The van der Waals surface area contributed by atoms with Gasteiger partial charge in [-0.2, -0.15) is 0 Å². The lowest BCUT2D eigenvalue weighted by molar-refractivity contribution is 0.236. The zero-order valence-corrected chi connectivity index (χ0v) is 9.66. The van der Waals surface area contributed by atoms with Gasteiger partial charge in [-0.25, -0.2) is 13.1 Å². The highest BCUT2D eigenvalue weighted by molar-refractivity contribution is 7.89. The van der Waals surface area contributed by atoms with Crippen LogP contribution < -0.4 is 4.72 Å². The molecule has 1 aromatic rings. The Morgan fingerprint density at radius 3 is 2.50 bits per heavy atom. The molecule has 0 heterocycles. The average Bonchev–Trinajstić information content (AvgIpc) is 2.26. The standard InChI is InChI=1S/C11H13NO3S/c1-3-10(13)8-12-16(14,15)11-6-4-9(2)5-7-11/h1,4-7,10,12-13H,8H2,2H3. The molecule has 2 N–H and O–H groups in total. The molecular weight excluding hydrogens is 226 g/mol. The van der Waals surface area contributed by atoms with Gasteiger partial charge in [0.25, 0.3) is 0 Å². The lowest BCUT2D eigenvalue weighted by Crippen LogP contribution is -2.31. The summed E-state index contributed by atoms with van der Waals surface area (Å²) in [5.41, 5.74) is 0.975. The van der Waals surface area contributed by atoms with Crippen molar-refractivity contribution in [2.24, 2.45) is 0 Å². The molecule has 0 fully saturated rings. The number of benzene rings is 1. The van der Waals surface area contributed by atoms with Gasteiger partial charge < -0.3 is 5.11 Å². The molecule has 16 heavy (non-hydrogen) atoms. The van der Waals surface area contributed by atoms with E-state index in [1.165, 1.54) is 12.1 Å². The minimum Gasteiger partial charge on any atom is -0.379 e. The van der Waals surface area contributed by atoms with Crippen molar-refractivity contribution in [1.82, 2.24) is 4.72 Å². The Kier molecular flexibility index (Phi) is 4.07. The number of aryl methyl sites for hydroxylation is 1. The SMILES string of the molecule is C#CC(O)CNS(=O)(=O)c1ccc(C)cc1. The maximum absolute atomic E-state index is 11.7. The quantitative estimate of drug-likeness (QED) is 0.741. The highest BCUT2D eigenvalue weighted by atomic mass is 32.2. The summed E-state index contributed by atoms with van der Waals surface area (Å²) in [5, 5.41) is 9.05. The van der Waals surface area contributed by atoms with Gasteiger partial charge in [0.05, 0.1) is 4.90 Å². The summed E-state index contributed by atoms with van der Waals surface area (Å²) in [5.74, 6) is 2.03. The maximum atomic E-state index is 11.7. The number of sulfonamides is 1. The molecule has 0 saturated heterocycles. The van der Waals surface area contributed by atoms with Gasteiger partial charge in [0, 0.05) is 6.54 Å². The Hall–Kier alpha value is -1.35. The minimum atomic E-state index is -3.59. The molecule has 0 saturated carbocycles. The van der Waals surface area contributed by atoms with Gasteiger partial charge in [-0.05, 0) is 19.1 Å². The van der Waals surface area contributed by atoms with E-state index in [0.717, 1.165) is 5.56 Å². The molecule has 0 aliphatic carbocycles. The van der Waals surface area contributed by atoms with Crippen LogP contribution in [0.2, 0.25) is 0 Å².